The zero-order valence-corrected chi connectivity index (χ0v) is 20.8. The number of carbonyl (C=O) groups is 1. The molecule has 1 aliphatic heterocycles. The molecule has 2 aromatic rings. The zero-order valence-electron chi connectivity index (χ0n) is 19.3. The fraction of sp³-hybridized carbons (Fsp3) is 0.500. The summed E-state index contributed by atoms with van der Waals surface area (Å²) >= 11 is 12.6. The van der Waals surface area contributed by atoms with E-state index in [2.05, 4.69) is 17.0 Å². The SMILES string of the molecule is Cc1ccc(C[C@@H]2CCCN2C[C@@H](O)CO[C@H](C)c2cccc(Cl)c2CCC(=O)O)cc1Cl. The maximum absolute atomic E-state index is 11.0. The van der Waals surface area contributed by atoms with Crippen LogP contribution in [0.25, 0.3) is 0 Å². The molecule has 0 aliphatic carbocycles. The fourth-order valence-corrected chi connectivity index (χ4v) is 5.00. The number of carboxylic acids is 1. The van der Waals surface area contributed by atoms with Crippen LogP contribution in [0.2, 0.25) is 10.0 Å². The number of aryl methyl sites for hydroxylation is 1. The van der Waals surface area contributed by atoms with Crippen molar-refractivity contribution in [1.82, 2.24) is 4.90 Å². The second-order valence-corrected chi connectivity index (χ2v) is 9.72. The van der Waals surface area contributed by atoms with Gasteiger partial charge in [-0.15, -0.1) is 0 Å². The highest BCUT2D eigenvalue weighted by atomic mass is 35.5. The van der Waals surface area contributed by atoms with Crippen molar-refractivity contribution in [3.8, 4) is 0 Å². The van der Waals surface area contributed by atoms with Crippen LogP contribution >= 0.6 is 23.2 Å². The number of ether oxygens (including phenoxy) is 1. The van der Waals surface area contributed by atoms with Gasteiger partial charge < -0.3 is 14.9 Å². The van der Waals surface area contributed by atoms with Gasteiger partial charge in [-0.1, -0.05) is 47.5 Å². The number of halogens is 2. The van der Waals surface area contributed by atoms with Gasteiger partial charge in [0.15, 0.2) is 0 Å². The van der Waals surface area contributed by atoms with Crippen LogP contribution in [0.5, 0.6) is 0 Å². The van der Waals surface area contributed by atoms with Crippen LogP contribution in [0.3, 0.4) is 0 Å². The summed E-state index contributed by atoms with van der Waals surface area (Å²) in [6.45, 7) is 5.63. The smallest absolute Gasteiger partial charge is 0.303 e. The number of hydrogen-bond acceptors (Lipinski definition) is 4. The maximum atomic E-state index is 11.0. The lowest BCUT2D eigenvalue weighted by molar-refractivity contribution is -0.136. The van der Waals surface area contributed by atoms with Crippen molar-refractivity contribution in [3.63, 3.8) is 0 Å². The van der Waals surface area contributed by atoms with Crippen molar-refractivity contribution < 1.29 is 19.7 Å². The predicted octanol–water partition coefficient (Wildman–Crippen LogP) is 5.46. The Balaban J connectivity index is 1.54. The van der Waals surface area contributed by atoms with Gasteiger partial charge in [-0.3, -0.25) is 9.69 Å². The summed E-state index contributed by atoms with van der Waals surface area (Å²) in [7, 11) is 0. The summed E-state index contributed by atoms with van der Waals surface area (Å²) < 4.78 is 5.98. The molecule has 7 heteroatoms. The van der Waals surface area contributed by atoms with Gasteiger partial charge in [0.2, 0.25) is 0 Å². The van der Waals surface area contributed by atoms with Crippen molar-refractivity contribution in [2.24, 2.45) is 0 Å². The quantitative estimate of drug-likeness (QED) is 0.434. The average Bonchev–Trinajstić information content (AvgIpc) is 3.19. The zero-order chi connectivity index (χ0) is 24.0. The van der Waals surface area contributed by atoms with E-state index in [1.54, 1.807) is 6.07 Å². The summed E-state index contributed by atoms with van der Waals surface area (Å²) in [5.41, 5.74) is 3.96. The Labute approximate surface area is 206 Å². The third kappa shape index (κ3) is 7.43. The largest absolute Gasteiger partial charge is 0.481 e. The highest BCUT2D eigenvalue weighted by molar-refractivity contribution is 6.31. The monoisotopic (exact) mass is 493 g/mol. The van der Waals surface area contributed by atoms with Crippen LogP contribution in [-0.4, -0.2) is 52.9 Å². The number of nitrogens with zero attached hydrogens (tertiary/aromatic N) is 1. The molecular formula is C26H33Cl2NO4. The molecule has 1 fully saturated rings. The van der Waals surface area contributed by atoms with E-state index >= 15 is 0 Å². The van der Waals surface area contributed by atoms with Crippen molar-refractivity contribution in [1.29, 1.82) is 0 Å². The van der Waals surface area contributed by atoms with Gasteiger partial charge in [-0.2, -0.15) is 0 Å². The third-order valence-corrected chi connectivity index (χ3v) is 7.13. The predicted molar refractivity (Wildman–Crippen MR) is 132 cm³/mol. The molecule has 33 heavy (non-hydrogen) atoms. The standard InChI is InChI=1S/C26H33Cl2NO4/c1-17-8-9-19(14-25(17)28)13-20-5-4-12-29(20)15-21(30)16-33-18(2)22-6-3-7-24(27)23(22)10-11-26(31)32/h3,6-9,14,18,20-21,30H,4-5,10-13,15-16H2,1-2H3,(H,31,32)/t18-,20+,21-/m1/s1. The highest BCUT2D eigenvalue weighted by Crippen LogP contribution is 2.29. The van der Waals surface area contributed by atoms with E-state index in [-0.39, 0.29) is 19.1 Å². The van der Waals surface area contributed by atoms with Gasteiger partial charge in [-0.05, 0) is 80.5 Å². The number of benzene rings is 2. The van der Waals surface area contributed by atoms with E-state index < -0.39 is 12.1 Å². The van der Waals surface area contributed by atoms with Crippen LogP contribution in [0.15, 0.2) is 36.4 Å². The van der Waals surface area contributed by atoms with E-state index in [1.807, 2.05) is 32.0 Å². The molecular weight excluding hydrogens is 461 g/mol. The molecule has 1 aliphatic rings. The summed E-state index contributed by atoms with van der Waals surface area (Å²) in [6.07, 6.45) is 2.57. The Bertz CT molecular complexity index is 952. The van der Waals surface area contributed by atoms with Crippen molar-refractivity contribution in [3.05, 3.63) is 68.7 Å². The van der Waals surface area contributed by atoms with Crippen LogP contribution in [-0.2, 0) is 22.4 Å². The molecule has 3 atom stereocenters. The topological polar surface area (TPSA) is 70.0 Å². The van der Waals surface area contributed by atoms with Gasteiger partial charge in [0.25, 0.3) is 0 Å². The van der Waals surface area contributed by atoms with Gasteiger partial charge in [0, 0.05) is 29.1 Å². The molecule has 1 heterocycles. The number of hydrogen-bond donors (Lipinski definition) is 2. The van der Waals surface area contributed by atoms with E-state index in [1.165, 1.54) is 5.56 Å². The van der Waals surface area contributed by atoms with Gasteiger partial charge in [0.05, 0.1) is 18.8 Å². The third-order valence-electron chi connectivity index (χ3n) is 6.37. The molecule has 0 spiro atoms. The molecule has 0 aromatic heterocycles. The minimum absolute atomic E-state index is 0.00855. The Morgan fingerprint density at radius 3 is 2.76 bits per heavy atom. The second-order valence-electron chi connectivity index (χ2n) is 8.91. The van der Waals surface area contributed by atoms with Crippen LogP contribution in [0, 0.1) is 6.92 Å². The molecule has 0 bridgehead atoms. The summed E-state index contributed by atoms with van der Waals surface area (Å²) in [6, 6.07) is 12.1. The molecule has 0 amide bonds. The number of β-amino-alcohol motifs (C(OH)–C–C–N with tert-alkyl or cyclic N) is 1. The van der Waals surface area contributed by atoms with E-state index in [4.69, 9.17) is 33.0 Å². The first-order valence-corrected chi connectivity index (χ1v) is 12.3. The van der Waals surface area contributed by atoms with Crippen molar-refractivity contribution in [2.45, 2.75) is 64.2 Å². The molecule has 3 rings (SSSR count). The second kappa shape index (κ2) is 12.2. The van der Waals surface area contributed by atoms with Gasteiger partial charge in [-0.25, -0.2) is 0 Å². The Kier molecular flexibility index (Phi) is 9.59. The molecule has 0 saturated carbocycles. The number of rotatable bonds is 11. The van der Waals surface area contributed by atoms with E-state index in [0.29, 0.717) is 24.0 Å². The average molecular weight is 494 g/mol. The highest BCUT2D eigenvalue weighted by Gasteiger charge is 2.27. The van der Waals surface area contributed by atoms with Gasteiger partial charge in [0.1, 0.15) is 0 Å². The molecule has 0 unspecified atom stereocenters. The Morgan fingerprint density at radius 1 is 1.24 bits per heavy atom. The maximum Gasteiger partial charge on any atom is 0.303 e. The lowest BCUT2D eigenvalue weighted by atomic mass is 9.99. The molecule has 5 nitrogen and oxygen atoms in total. The molecule has 2 aromatic carbocycles. The first kappa shape index (κ1) is 26.0. The number of carboxylic acid groups (broad SMARTS) is 1. The van der Waals surface area contributed by atoms with Crippen LogP contribution in [0.1, 0.15) is 54.5 Å². The van der Waals surface area contributed by atoms with Crippen molar-refractivity contribution in [2.75, 3.05) is 19.7 Å². The number of aliphatic carboxylic acids is 1. The number of likely N-dealkylation sites (tertiary alicyclic amines) is 1. The van der Waals surface area contributed by atoms with E-state index in [0.717, 1.165) is 47.5 Å². The minimum atomic E-state index is -0.863. The molecule has 2 N–H and O–H groups in total. The normalized spacial score (nSPS) is 18.4. The molecule has 180 valence electrons. The summed E-state index contributed by atoms with van der Waals surface area (Å²) in [5.74, 6) is -0.863. The number of aliphatic hydroxyl groups excluding tert-OH is 1. The van der Waals surface area contributed by atoms with Gasteiger partial charge >= 0.3 is 5.97 Å². The minimum Gasteiger partial charge on any atom is -0.481 e. The Morgan fingerprint density at radius 2 is 2.03 bits per heavy atom. The molecule has 0 radical (unpaired) electrons. The first-order valence-electron chi connectivity index (χ1n) is 11.5. The number of aliphatic hydroxyl groups is 1. The Hall–Kier alpha value is -1.63. The molecule has 1 saturated heterocycles. The van der Waals surface area contributed by atoms with Crippen LogP contribution in [0.4, 0.5) is 0 Å². The fourth-order valence-electron chi connectivity index (χ4n) is 4.52. The lowest BCUT2D eigenvalue weighted by Gasteiger charge is -2.28. The summed E-state index contributed by atoms with van der Waals surface area (Å²) in [5, 5.41) is 21.0. The lowest BCUT2D eigenvalue weighted by Crippen LogP contribution is -2.39. The summed E-state index contributed by atoms with van der Waals surface area (Å²) in [4.78, 5) is 13.3. The van der Waals surface area contributed by atoms with Crippen molar-refractivity contribution >= 4 is 29.2 Å². The first-order chi connectivity index (χ1) is 15.7. The van der Waals surface area contributed by atoms with E-state index in [9.17, 15) is 9.90 Å². The van der Waals surface area contributed by atoms with Crippen LogP contribution < -0.4 is 0 Å².